The summed E-state index contributed by atoms with van der Waals surface area (Å²) in [4.78, 5) is 73.1. The Bertz CT molecular complexity index is 2020. The second kappa shape index (κ2) is 76.7. The van der Waals surface area contributed by atoms with Crippen molar-refractivity contribution in [3.63, 3.8) is 0 Å². The van der Waals surface area contributed by atoms with Gasteiger partial charge in [0.15, 0.2) is 12.2 Å². The van der Waals surface area contributed by atoms with Crippen LogP contribution in [0.3, 0.4) is 0 Å². The number of hydrogen-bond acceptors (Lipinski definition) is 15. The first-order chi connectivity index (χ1) is 49.7. The van der Waals surface area contributed by atoms with Crippen LogP contribution in [0.2, 0.25) is 0 Å². The number of aliphatic hydroxyl groups excluding tert-OH is 1. The van der Waals surface area contributed by atoms with E-state index in [1.807, 2.05) is 0 Å². The first-order valence-corrected chi connectivity index (χ1v) is 45.6. The van der Waals surface area contributed by atoms with Gasteiger partial charge in [-0.1, -0.05) is 373 Å². The van der Waals surface area contributed by atoms with Gasteiger partial charge in [0, 0.05) is 25.7 Å². The second-order valence-corrected chi connectivity index (χ2v) is 32.1. The first-order valence-electron chi connectivity index (χ1n) is 42.6. The largest absolute Gasteiger partial charge is 0.472 e. The van der Waals surface area contributed by atoms with Crippen molar-refractivity contribution < 1.29 is 80.2 Å². The topological polar surface area (TPSA) is 237 Å². The van der Waals surface area contributed by atoms with Gasteiger partial charge in [-0.2, -0.15) is 0 Å². The van der Waals surface area contributed by atoms with Gasteiger partial charge in [0.2, 0.25) is 0 Å². The number of carbonyl (C=O) groups is 4. The van der Waals surface area contributed by atoms with Crippen molar-refractivity contribution >= 4 is 39.5 Å². The molecular formula is C83H158O17P2. The van der Waals surface area contributed by atoms with Crippen molar-refractivity contribution in [1.82, 2.24) is 0 Å². The molecule has 0 aromatic rings. The molecule has 0 aliphatic rings. The molecule has 0 aliphatic carbocycles. The van der Waals surface area contributed by atoms with Crippen LogP contribution in [0.5, 0.6) is 0 Å². The third kappa shape index (κ3) is 75.8. The number of ether oxygens (including phenoxy) is 4. The molecule has 0 bridgehead atoms. The zero-order valence-electron chi connectivity index (χ0n) is 66.1. The highest BCUT2D eigenvalue weighted by Crippen LogP contribution is 2.45. The molecule has 602 valence electrons. The van der Waals surface area contributed by atoms with Gasteiger partial charge < -0.3 is 33.8 Å². The van der Waals surface area contributed by atoms with Gasteiger partial charge in [-0.25, -0.2) is 9.13 Å². The molecule has 5 atom stereocenters. The van der Waals surface area contributed by atoms with Crippen LogP contribution in [0.15, 0.2) is 24.3 Å². The van der Waals surface area contributed by atoms with E-state index in [0.29, 0.717) is 25.7 Å². The summed E-state index contributed by atoms with van der Waals surface area (Å²) in [6, 6.07) is 0. The highest BCUT2D eigenvalue weighted by Gasteiger charge is 2.30. The van der Waals surface area contributed by atoms with E-state index in [0.717, 1.165) is 109 Å². The van der Waals surface area contributed by atoms with E-state index >= 15 is 0 Å². The van der Waals surface area contributed by atoms with Gasteiger partial charge >= 0.3 is 39.5 Å². The summed E-state index contributed by atoms with van der Waals surface area (Å²) in [5.41, 5.74) is 0. The van der Waals surface area contributed by atoms with Crippen molar-refractivity contribution in [3.05, 3.63) is 24.3 Å². The third-order valence-corrected chi connectivity index (χ3v) is 20.9. The molecule has 0 radical (unpaired) electrons. The summed E-state index contributed by atoms with van der Waals surface area (Å²) in [7, 11) is -9.93. The van der Waals surface area contributed by atoms with Crippen molar-refractivity contribution in [2.75, 3.05) is 39.6 Å². The number of esters is 4. The smallest absolute Gasteiger partial charge is 0.462 e. The van der Waals surface area contributed by atoms with Gasteiger partial charge in [0.05, 0.1) is 26.4 Å². The highest BCUT2D eigenvalue weighted by atomic mass is 31.2. The molecule has 0 aromatic carbocycles. The van der Waals surface area contributed by atoms with Crippen LogP contribution in [0.25, 0.3) is 0 Å². The van der Waals surface area contributed by atoms with E-state index in [9.17, 15) is 43.2 Å². The summed E-state index contributed by atoms with van der Waals surface area (Å²) in [5.74, 6) is -2.13. The Labute approximate surface area is 624 Å². The van der Waals surface area contributed by atoms with E-state index in [1.54, 1.807) is 0 Å². The minimum absolute atomic E-state index is 0.103. The fraction of sp³-hybridized carbons (Fsp3) is 0.904. The predicted molar refractivity (Wildman–Crippen MR) is 418 cm³/mol. The molecule has 0 fully saturated rings. The van der Waals surface area contributed by atoms with Gasteiger partial charge in [-0.3, -0.25) is 37.3 Å². The predicted octanol–water partition coefficient (Wildman–Crippen LogP) is 24.9. The summed E-state index contributed by atoms with van der Waals surface area (Å²) in [6.45, 7) is 4.97. The number of allylic oxidation sites excluding steroid dienone is 4. The Morgan fingerprint density at radius 2 is 0.471 bits per heavy atom. The molecule has 0 aromatic heterocycles. The lowest BCUT2D eigenvalue weighted by molar-refractivity contribution is -0.161. The maximum Gasteiger partial charge on any atom is 0.472 e. The first kappa shape index (κ1) is 99.5. The van der Waals surface area contributed by atoms with Crippen molar-refractivity contribution in [2.45, 2.75) is 444 Å². The molecule has 3 N–H and O–H groups in total. The Morgan fingerprint density at radius 1 is 0.275 bits per heavy atom. The molecule has 0 aliphatic heterocycles. The van der Waals surface area contributed by atoms with Gasteiger partial charge in [-0.05, 0) is 51.4 Å². The Morgan fingerprint density at radius 3 is 0.716 bits per heavy atom. The number of unbranched alkanes of at least 4 members (excludes halogenated alkanes) is 53. The van der Waals surface area contributed by atoms with Crippen molar-refractivity contribution in [2.24, 2.45) is 0 Å². The Hall–Kier alpha value is -2.46. The zero-order valence-corrected chi connectivity index (χ0v) is 67.9. The van der Waals surface area contributed by atoms with Gasteiger partial charge in [0.1, 0.15) is 19.3 Å². The third-order valence-electron chi connectivity index (χ3n) is 19.0. The fourth-order valence-corrected chi connectivity index (χ4v) is 14.0. The van der Waals surface area contributed by atoms with Crippen LogP contribution in [0, 0.1) is 0 Å². The molecule has 17 nitrogen and oxygen atoms in total. The minimum atomic E-state index is -4.97. The number of rotatable bonds is 82. The summed E-state index contributed by atoms with van der Waals surface area (Å²) in [6.07, 6.45) is 72.9. The molecule has 0 amide bonds. The summed E-state index contributed by atoms with van der Waals surface area (Å²) in [5, 5.41) is 10.6. The van der Waals surface area contributed by atoms with E-state index in [1.165, 1.54) is 238 Å². The van der Waals surface area contributed by atoms with E-state index in [-0.39, 0.29) is 25.7 Å². The van der Waals surface area contributed by atoms with Crippen molar-refractivity contribution in [3.8, 4) is 0 Å². The summed E-state index contributed by atoms with van der Waals surface area (Å²) < 4.78 is 68.7. The molecule has 19 heteroatoms. The Kier molecular flexibility index (Phi) is 74.9. The lowest BCUT2D eigenvalue weighted by atomic mass is 10.0. The number of phosphoric acid groups is 2. The maximum absolute atomic E-state index is 13.1. The lowest BCUT2D eigenvalue weighted by Gasteiger charge is -2.21. The van der Waals surface area contributed by atoms with E-state index in [2.05, 4.69) is 52.0 Å². The highest BCUT2D eigenvalue weighted by molar-refractivity contribution is 7.47. The van der Waals surface area contributed by atoms with Gasteiger partial charge in [-0.15, -0.1) is 0 Å². The SMILES string of the molecule is CCCCCC/C=C\C=C/CCCCCCCC(=O)OC[C@H](COP(=O)(O)OC[C@@H](O)COP(=O)(O)OC[C@@H](COC(=O)CCCCCCCCCCCCC)OC(=O)CCCCCCCCCCCCCCCCC)OC(=O)CCCCCCCCCCCCCCCCCCCCCCC. The molecule has 2 unspecified atom stereocenters. The molecule has 0 rings (SSSR count). The lowest BCUT2D eigenvalue weighted by Crippen LogP contribution is -2.30. The average Bonchev–Trinajstić information content (AvgIpc) is 0.957. The van der Waals surface area contributed by atoms with Crippen LogP contribution in [0.1, 0.15) is 426 Å². The van der Waals surface area contributed by atoms with Crippen LogP contribution in [-0.2, 0) is 65.4 Å². The monoisotopic (exact) mass is 1490 g/mol. The van der Waals surface area contributed by atoms with Crippen LogP contribution >= 0.6 is 15.6 Å². The summed E-state index contributed by atoms with van der Waals surface area (Å²) >= 11 is 0. The normalized spacial score (nSPS) is 13.9. The number of carbonyl (C=O) groups excluding carboxylic acids is 4. The number of phosphoric ester groups is 2. The Balaban J connectivity index is 5.26. The maximum atomic E-state index is 13.1. The number of hydrogen-bond donors (Lipinski definition) is 3. The van der Waals surface area contributed by atoms with E-state index < -0.39 is 97.5 Å². The molecule has 0 saturated heterocycles. The quantitative estimate of drug-likeness (QED) is 0.0169. The standard InChI is InChI=1S/C83H158O17P2/c1-5-9-13-17-21-25-29-32-35-36-37-38-39-40-43-46-50-54-58-62-66-70-83(88)100-79(74-94-81(86)68-64-60-56-52-48-44-41-33-30-26-22-18-14-10-6-2)76-98-102(91,92)96-72-77(84)71-95-101(89,90)97-75-78(73-93-80(85)67-63-59-55-51-47-28-24-20-16-12-8-4)99-82(87)69-65-61-57-53-49-45-42-34-31-27-23-19-15-11-7-3/h26,30,33,41,77-79,84H,5-25,27-29,31-32,34-40,42-76H2,1-4H3,(H,89,90)(H,91,92)/b30-26-,41-33-/t77-,78+,79+/m0/s1. The average molecular weight is 1490 g/mol. The molecule has 102 heavy (non-hydrogen) atoms. The van der Waals surface area contributed by atoms with Gasteiger partial charge in [0.25, 0.3) is 0 Å². The van der Waals surface area contributed by atoms with Crippen LogP contribution in [0.4, 0.5) is 0 Å². The minimum Gasteiger partial charge on any atom is -0.462 e. The van der Waals surface area contributed by atoms with Crippen LogP contribution < -0.4 is 0 Å². The molecule has 0 saturated carbocycles. The second-order valence-electron chi connectivity index (χ2n) is 29.2. The molecule has 0 spiro atoms. The van der Waals surface area contributed by atoms with Crippen LogP contribution in [-0.4, -0.2) is 96.7 Å². The number of aliphatic hydroxyl groups is 1. The molecule has 0 heterocycles. The zero-order chi connectivity index (χ0) is 74.6. The fourth-order valence-electron chi connectivity index (χ4n) is 12.5. The van der Waals surface area contributed by atoms with E-state index in [4.69, 9.17) is 37.0 Å². The van der Waals surface area contributed by atoms with Crippen molar-refractivity contribution in [1.29, 1.82) is 0 Å². The molecular weight excluding hydrogens is 1330 g/mol.